The summed E-state index contributed by atoms with van der Waals surface area (Å²) in [6, 6.07) is 0. The molecule has 0 bridgehead atoms. The van der Waals surface area contributed by atoms with Gasteiger partial charge in [-0.2, -0.15) is 0 Å². The van der Waals surface area contributed by atoms with Crippen LogP contribution in [-0.4, -0.2) is 15.4 Å². The van der Waals surface area contributed by atoms with Crippen LogP contribution in [0.3, 0.4) is 0 Å². The van der Waals surface area contributed by atoms with Gasteiger partial charge in [0, 0.05) is 12.8 Å². The van der Waals surface area contributed by atoms with Crippen molar-refractivity contribution in [3.63, 3.8) is 0 Å². The number of phosphoric acid groups is 1. The van der Waals surface area contributed by atoms with Crippen LogP contribution in [0.4, 0.5) is 0 Å². The quantitative estimate of drug-likeness (QED) is 0.536. The molecule has 2 N–H and O–H groups in total. The van der Waals surface area contributed by atoms with E-state index in [0.29, 0.717) is 6.42 Å². The standard InChI is InChI=1S/C9H13O4P/c1-4-7-9(6-3,8-5-2)13-14(10,11)12/h1-2H,6-8H2,3H3,(H2,10,11,12). The van der Waals surface area contributed by atoms with Crippen LogP contribution < -0.4 is 0 Å². The van der Waals surface area contributed by atoms with E-state index < -0.39 is 13.4 Å². The van der Waals surface area contributed by atoms with Gasteiger partial charge in [0.2, 0.25) is 0 Å². The molecule has 0 aliphatic carbocycles. The van der Waals surface area contributed by atoms with Crippen LogP contribution in [0.5, 0.6) is 0 Å². The molecule has 0 amide bonds. The lowest BCUT2D eigenvalue weighted by atomic mass is 9.93. The largest absolute Gasteiger partial charge is 0.470 e. The molecule has 78 valence electrons. The molecule has 0 aromatic heterocycles. The van der Waals surface area contributed by atoms with E-state index in [1.165, 1.54) is 0 Å². The second kappa shape index (κ2) is 5.20. The normalized spacial score (nSPS) is 11.8. The summed E-state index contributed by atoms with van der Waals surface area (Å²) in [5, 5.41) is 0. The number of phosphoric ester groups is 1. The Kier molecular flexibility index (Phi) is 4.91. The summed E-state index contributed by atoms with van der Waals surface area (Å²) in [7, 11) is -4.55. The number of hydrogen-bond donors (Lipinski definition) is 2. The molecule has 14 heavy (non-hydrogen) atoms. The zero-order valence-electron chi connectivity index (χ0n) is 7.93. The molecule has 5 heteroatoms. The summed E-state index contributed by atoms with van der Waals surface area (Å²) >= 11 is 0. The average molecular weight is 216 g/mol. The van der Waals surface area contributed by atoms with E-state index in [0.717, 1.165) is 0 Å². The summed E-state index contributed by atoms with van der Waals surface area (Å²) < 4.78 is 15.3. The van der Waals surface area contributed by atoms with Crippen LogP contribution in [0.2, 0.25) is 0 Å². The van der Waals surface area contributed by atoms with Gasteiger partial charge in [0.15, 0.2) is 0 Å². The smallest absolute Gasteiger partial charge is 0.303 e. The molecule has 0 heterocycles. The Morgan fingerprint density at radius 2 is 1.79 bits per heavy atom. The second-order valence-electron chi connectivity index (χ2n) is 2.88. The van der Waals surface area contributed by atoms with Gasteiger partial charge >= 0.3 is 7.82 Å². The predicted octanol–water partition coefficient (Wildman–Crippen LogP) is 1.29. The maximum absolute atomic E-state index is 10.7. The molecule has 0 unspecified atom stereocenters. The van der Waals surface area contributed by atoms with Gasteiger partial charge in [0.1, 0.15) is 5.60 Å². The van der Waals surface area contributed by atoms with Gasteiger partial charge in [0.05, 0.1) is 0 Å². The van der Waals surface area contributed by atoms with Gasteiger partial charge in [-0.1, -0.05) is 6.92 Å². The molecule has 0 fully saturated rings. The van der Waals surface area contributed by atoms with Gasteiger partial charge in [-0.15, -0.1) is 24.7 Å². The zero-order chi connectivity index (χ0) is 11.2. The number of hydrogen-bond acceptors (Lipinski definition) is 2. The Hall–Kier alpha value is -0.770. The van der Waals surface area contributed by atoms with Crippen molar-refractivity contribution in [2.24, 2.45) is 0 Å². The van der Waals surface area contributed by atoms with Crippen molar-refractivity contribution in [3.05, 3.63) is 0 Å². The molecule has 0 aliphatic heterocycles. The third-order valence-electron chi connectivity index (χ3n) is 1.81. The van der Waals surface area contributed by atoms with Gasteiger partial charge in [-0.25, -0.2) is 4.57 Å². The summed E-state index contributed by atoms with van der Waals surface area (Å²) in [5.41, 5.74) is -1.11. The first-order valence-electron chi connectivity index (χ1n) is 4.02. The van der Waals surface area contributed by atoms with Gasteiger partial charge < -0.3 is 9.79 Å². The maximum Gasteiger partial charge on any atom is 0.470 e. The maximum atomic E-state index is 10.7. The lowest BCUT2D eigenvalue weighted by Gasteiger charge is -2.28. The molecule has 0 atom stereocenters. The SMILES string of the molecule is C#CCC(CC)(CC#C)OP(=O)(O)O. The fraction of sp³-hybridized carbons (Fsp3) is 0.556. The minimum atomic E-state index is -4.55. The minimum absolute atomic E-state index is 0.0822. The fourth-order valence-electron chi connectivity index (χ4n) is 1.07. The lowest BCUT2D eigenvalue weighted by molar-refractivity contribution is 0.0385. The Morgan fingerprint density at radius 1 is 1.36 bits per heavy atom. The summed E-state index contributed by atoms with van der Waals surface area (Å²) in [4.78, 5) is 17.4. The highest BCUT2D eigenvalue weighted by Gasteiger charge is 2.35. The molecule has 0 radical (unpaired) electrons. The van der Waals surface area contributed by atoms with Crippen molar-refractivity contribution in [3.8, 4) is 24.7 Å². The number of rotatable bonds is 5. The highest BCUT2D eigenvalue weighted by atomic mass is 31.2. The molecule has 0 saturated heterocycles. The fourth-order valence-corrected chi connectivity index (χ4v) is 1.83. The predicted molar refractivity (Wildman–Crippen MR) is 53.1 cm³/mol. The van der Waals surface area contributed by atoms with Gasteiger partial charge in [-0.3, -0.25) is 4.52 Å². The van der Waals surface area contributed by atoms with E-state index in [-0.39, 0.29) is 12.8 Å². The Morgan fingerprint density at radius 3 is 2.00 bits per heavy atom. The molecule has 4 nitrogen and oxygen atoms in total. The van der Waals surface area contributed by atoms with Crippen molar-refractivity contribution in [1.29, 1.82) is 0 Å². The van der Waals surface area contributed by atoms with Crippen molar-refractivity contribution in [2.45, 2.75) is 31.8 Å². The lowest BCUT2D eigenvalue weighted by Crippen LogP contribution is -2.29. The van der Waals surface area contributed by atoms with Crippen molar-refractivity contribution in [2.75, 3.05) is 0 Å². The van der Waals surface area contributed by atoms with Crippen LogP contribution in [0.15, 0.2) is 0 Å². The monoisotopic (exact) mass is 216 g/mol. The van der Waals surface area contributed by atoms with Crippen molar-refractivity contribution < 1.29 is 18.9 Å². The Bertz CT molecular complexity index is 288. The summed E-state index contributed by atoms with van der Waals surface area (Å²) in [5.74, 6) is 4.61. The third kappa shape index (κ3) is 4.46. The van der Waals surface area contributed by atoms with Gasteiger partial charge in [0.25, 0.3) is 0 Å². The molecule has 0 rings (SSSR count). The number of terminal acetylenes is 2. The zero-order valence-corrected chi connectivity index (χ0v) is 8.83. The van der Waals surface area contributed by atoms with E-state index >= 15 is 0 Å². The minimum Gasteiger partial charge on any atom is -0.303 e. The van der Waals surface area contributed by atoms with E-state index in [2.05, 4.69) is 16.4 Å². The highest BCUT2D eigenvalue weighted by molar-refractivity contribution is 7.46. The van der Waals surface area contributed by atoms with Crippen molar-refractivity contribution >= 4 is 7.82 Å². The van der Waals surface area contributed by atoms with Crippen molar-refractivity contribution in [1.82, 2.24) is 0 Å². The van der Waals surface area contributed by atoms with Gasteiger partial charge in [-0.05, 0) is 6.42 Å². The topological polar surface area (TPSA) is 66.8 Å². The molecule has 0 saturated carbocycles. The van der Waals surface area contributed by atoms with Crippen LogP contribution in [0.25, 0.3) is 0 Å². The first-order chi connectivity index (χ1) is 6.39. The summed E-state index contributed by atoms with van der Waals surface area (Å²) in [6.45, 7) is 1.71. The third-order valence-corrected chi connectivity index (χ3v) is 2.43. The summed E-state index contributed by atoms with van der Waals surface area (Å²) in [6.07, 6.45) is 10.7. The van der Waals surface area contributed by atoms with Crippen LogP contribution >= 0.6 is 7.82 Å². The average Bonchev–Trinajstić information content (AvgIpc) is 2.02. The van der Waals surface area contributed by atoms with E-state index in [9.17, 15) is 4.57 Å². The molecule has 0 aromatic rings. The van der Waals surface area contributed by atoms with Crippen LogP contribution in [0, 0.1) is 24.7 Å². The molecule has 0 aromatic carbocycles. The Balaban J connectivity index is 4.79. The molecular weight excluding hydrogens is 203 g/mol. The molecule has 0 aliphatic rings. The molecular formula is C9H13O4P. The first-order valence-corrected chi connectivity index (χ1v) is 5.55. The van der Waals surface area contributed by atoms with Crippen LogP contribution in [0.1, 0.15) is 26.2 Å². The van der Waals surface area contributed by atoms with E-state index in [1.807, 2.05) is 0 Å². The van der Waals surface area contributed by atoms with Crippen LogP contribution in [-0.2, 0) is 9.09 Å². The Labute approximate surface area is 83.9 Å². The van der Waals surface area contributed by atoms with E-state index in [4.69, 9.17) is 22.6 Å². The first kappa shape index (κ1) is 13.2. The van der Waals surface area contributed by atoms with E-state index in [1.54, 1.807) is 6.92 Å². The second-order valence-corrected chi connectivity index (χ2v) is 4.04. The highest BCUT2D eigenvalue weighted by Crippen LogP contribution is 2.45. The molecule has 0 spiro atoms.